The van der Waals surface area contributed by atoms with Gasteiger partial charge in [-0.25, -0.2) is 17.5 Å². The summed E-state index contributed by atoms with van der Waals surface area (Å²) in [6.07, 6.45) is 1.14. The molecule has 1 amide bonds. The largest absolute Gasteiger partial charge is 0.395 e. The topological polar surface area (TPSA) is 115 Å². The summed E-state index contributed by atoms with van der Waals surface area (Å²) in [5.41, 5.74) is 9.93. The number of carbonyl (C=O) groups excluding carboxylic acids is 1. The Kier molecular flexibility index (Phi) is 5.25. The van der Waals surface area contributed by atoms with Crippen molar-refractivity contribution < 1.29 is 17.6 Å². The van der Waals surface area contributed by atoms with Crippen LogP contribution in [0.1, 0.15) is 19.3 Å². The van der Waals surface area contributed by atoms with Crippen molar-refractivity contribution in [2.45, 2.75) is 24.2 Å². The molecule has 1 rings (SSSR count). The number of hydrogen-bond acceptors (Lipinski definition) is 4. The SMILES string of the molecule is NC(=O)CCCCNS(=O)(=O)c1cccc(F)c1N. The number of primary amides is 1. The molecule has 0 saturated carbocycles. The van der Waals surface area contributed by atoms with Crippen molar-refractivity contribution in [1.29, 1.82) is 0 Å². The number of carbonyl (C=O) groups is 1. The van der Waals surface area contributed by atoms with Crippen LogP contribution in [0.3, 0.4) is 0 Å². The Morgan fingerprint density at radius 3 is 2.63 bits per heavy atom. The molecule has 0 bridgehead atoms. The van der Waals surface area contributed by atoms with Crippen molar-refractivity contribution in [1.82, 2.24) is 4.72 Å². The van der Waals surface area contributed by atoms with Crippen molar-refractivity contribution in [3.05, 3.63) is 24.0 Å². The minimum absolute atomic E-state index is 0.131. The van der Waals surface area contributed by atoms with Crippen molar-refractivity contribution in [3.8, 4) is 0 Å². The molecule has 0 aromatic heterocycles. The van der Waals surface area contributed by atoms with Gasteiger partial charge in [-0.2, -0.15) is 0 Å². The molecular formula is C11H16FN3O3S. The van der Waals surface area contributed by atoms with E-state index in [-0.39, 0.29) is 17.9 Å². The number of anilines is 1. The molecule has 6 nitrogen and oxygen atoms in total. The van der Waals surface area contributed by atoms with E-state index < -0.39 is 27.4 Å². The maximum Gasteiger partial charge on any atom is 0.242 e. The lowest BCUT2D eigenvalue weighted by Gasteiger charge is -2.09. The van der Waals surface area contributed by atoms with Gasteiger partial charge in [0, 0.05) is 13.0 Å². The lowest BCUT2D eigenvalue weighted by molar-refractivity contribution is -0.118. The number of amides is 1. The van der Waals surface area contributed by atoms with Gasteiger partial charge in [-0.3, -0.25) is 4.79 Å². The Morgan fingerprint density at radius 1 is 1.32 bits per heavy atom. The van der Waals surface area contributed by atoms with Gasteiger partial charge in [0.15, 0.2) is 0 Å². The van der Waals surface area contributed by atoms with Gasteiger partial charge in [-0.15, -0.1) is 0 Å². The maximum atomic E-state index is 13.2. The van der Waals surface area contributed by atoms with E-state index in [0.717, 1.165) is 6.07 Å². The van der Waals surface area contributed by atoms with Crippen molar-refractivity contribution in [2.24, 2.45) is 5.73 Å². The second-order valence-electron chi connectivity index (χ2n) is 3.97. The Hall–Kier alpha value is -1.67. The van der Waals surface area contributed by atoms with Crippen LogP contribution in [0.4, 0.5) is 10.1 Å². The fourth-order valence-corrected chi connectivity index (χ4v) is 2.67. The van der Waals surface area contributed by atoms with Gasteiger partial charge in [0.1, 0.15) is 10.7 Å². The number of nitrogens with one attached hydrogen (secondary N) is 1. The van der Waals surface area contributed by atoms with Gasteiger partial charge in [0.2, 0.25) is 15.9 Å². The molecule has 1 aromatic carbocycles. The van der Waals surface area contributed by atoms with Gasteiger partial charge in [0.05, 0.1) is 5.69 Å². The molecule has 8 heteroatoms. The minimum atomic E-state index is -3.85. The zero-order chi connectivity index (χ0) is 14.5. The van der Waals surface area contributed by atoms with Crippen molar-refractivity contribution in [3.63, 3.8) is 0 Å². The normalized spacial score (nSPS) is 11.4. The first kappa shape index (κ1) is 15.4. The molecule has 0 aliphatic rings. The average molecular weight is 289 g/mol. The summed E-state index contributed by atoms with van der Waals surface area (Å²) in [7, 11) is -3.85. The molecule has 0 spiro atoms. The third-order valence-electron chi connectivity index (χ3n) is 2.44. The molecule has 0 aliphatic heterocycles. The third-order valence-corrected chi connectivity index (χ3v) is 3.96. The zero-order valence-corrected chi connectivity index (χ0v) is 11.0. The van der Waals surface area contributed by atoms with Crippen LogP contribution < -0.4 is 16.2 Å². The number of halogens is 1. The number of para-hydroxylation sites is 1. The van der Waals surface area contributed by atoms with Crippen LogP contribution >= 0.6 is 0 Å². The van der Waals surface area contributed by atoms with Crippen LogP contribution in [0.15, 0.2) is 23.1 Å². The summed E-state index contributed by atoms with van der Waals surface area (Å²) in [4.78, 5) is 10.2. The lowest BCUT2D eigenvalue weighted by Crippen LogP contribution is -2.26. The second kappa shape index (κ2) is 6.48. The number of nitrogens with two attached hydrogens (primary N) is 2. The van der Waals surface area contributed by atoms with Gasteiger partial charge in [-0.05, 0) is 25.0 Å². The molecule has 0 radical (unpaired) electrons. The zero-order valence-electron chi connectivity index (χ0n) is 10.2. The van der Waals surface area contributed by atoms with Gasteiger partial charge in [-0.1, -0.05) is 6.07 Å². The summed E-state index contributed by atoms with van der Waals surface area (Å²) in [6.45, 7) is 0.131. The summed E-state index contributed by atoms with van der Waals surface area (Å²) in [6, 6.07) is 3.58. The fraction of sp³-hybridized carbons (Fsp3) is 0.364. The number of nitrogen functional groups attached to an aromatic ring is 1. The van der Waals surface area contributed by atoms with E-state index in [1.807, 2.05) is 0 Å². The minimum Gasteiger partial charge on any atom is -0.395 e. The molecule has 0 aliphatic carbocycles. The number of rotatable bonds is 7. The highest BCUT2D eigenvalue weighted by atomic mass is 32.2. The first-order valence-electron chi connectivity index (χ1n) is 5.66. The van der Waals surface area contributed by atoms with Crippen LogP contribution in [-0.2, 0) is 14.8 Å². The van der Waals surface area contributed by atoms with Crippen LogP contribution in [0.25, 0.3) is 0 Å². The quantitative estimate of drug-likeness (QED) is 0.496. The van der Waals surface area contributed by atoms with E-state index in [1.165, 1.54) is 12.1 Å². The summed E-state index contributed by atoms with van der Waals surface area (Å²) < 4.78 is 39.2. The molecule has 5 N–H and O–H groups in total. The van der Waals surface area contributed by atoms with E-state index in [1.54, 1.807) is 0 Å². The van der Waals surface area contributed by atoms with Gasteiger partial charge in [0.25, 0.3) is 0 Å². The fourth-order valence-electron chi connectivity index (χ4n) is 1.46. The Labute approximate surface area is 111 Å². The van der Waals surface area contributed by atoms with E-state index >= 15 is 0 Å². The van der Waals surface area contributed by atoms with E-state index in [4.69, 9.17) is 11.5 Å². The number of hydrogen-bond donors (Lipinski definition) is 3. The third kappa shape index (κ3) is 4.49. The van der Waals surface area contributed by atoms with E-state index in [9.17, 15) is 17.6 Å². The highest BCUT2D eigenvalue weighted by Crippen LogP contribution is 2.20. The predicted molar refractivity (Wildman–Crippen MR) is 69.0 cm³/mol. The monoisotopic (exact) mass is 289 g/mol. The molecule has 19 heavy (non-hydrogen) atoms. The highest BCUT2D eigenvalue weighted by molar-refractivity contribution is 7.89. The summed E-state index contributed by atoms with van der Waals surface area (Å²) >= 11 is 0. The Balaban J connectivity index is 2.61. The smallest absolute Gasteiger partial charge is 0.242 e. The predicted octanol–water partition coefficient (Wildman–Crippen LogP) is 0.342. The first-order valence-corrected chi connectivity index (χ1v) is 7.15. The standard InChI is InChI=1S/C11H16FN3O3S/c12-8-4-3-5-9(11(8)14)19(17,18)15-7-2-1-6-10(13)16/h3-5,15H,1-2,6-7,14H2,(H2,13,16). The summed E-state index contributed by atoms with van der Waals surface area (Å²) in [5, 5.41) is 0. The number of benzene rings is 1. The molecule has 0 saturated heterocycles. The molecule has 0 unspecified atom stereocenters. The maximum absolute atomic E-state index is 13.2. The van der Waals surface area contributed by atoms with Crippen LogP contribution in [0.2, 0.25) is 0 Å². The number of unbranched alkanes of at least 4 members (excludes halogenated alkanes) is 1. The molecular weight excluding hydrogens is 273 g/mol. The molecule has 1 aromatic rings. The van der Waals surface area contributed by atoms with Crippen molar-refractivity contribution in [2.75, 3.05) is 12.3 Å². The highest BCUT2D eigenvalue weighted by Gasteiger charge is 2.18. The molecule has 0 heterocycles. The van der Waals surface area contributed by atoms with Crippen molar-refractivity contribution >= 4 is 21.6 Å². The average Bonchev–Trinajstić information content (AvgIpc) is 2.31. The second-order valence-corrected chi connectivity index (χ2v) is 5.71. The lowest BCUT2D eigenvalue weighted by atomic mass is 10.2. The van der Waals surface area contributed by atoms with E-state index in [0.29, 0.717) is 12.8 Å². The van der Waals surface area contributed by atoms with Crippen LogP contribution in [0, 0.1) is 5.82 Å². The summed E-state index contributed by atoms with van der Waals surface area (Å²) in [5.74, 6) is -1.21. The van der Waals surface area contributed by atoms with Gasteiger partial charge < -0.3 is 11.5 Å². The van der Waals surface area contributed by atoms with E-state index in [2.05, 4.69) is 4.72 Å². The molecule has 0 fully saturated rings. The van der Waals surface area contributed by atoms with Crippen LogP contribution in [-0.4, -0.2) is 20.9 Å². The molecule has 106 valence electrons. The Bertz CT molecular complexity index is 560. The first-order chi connectivity index (χ1) is 8.84. The molecule has 0 atom stereocenters. The Morgan fingerprint density at radius 2 is 2.00 bits per heavy atom. The number of sulfonamides is 1. The van der Waals surface area contributed by atoms with Gasteiger partial charge >= 0.3 is 0 Å². The van der Waals surface area contributed by atoms with Crippen LogP contribution in [0.5, 0.6) is 0 Å².